The second-order valence-corrected chi connectivity index (χ2v) is 13.7. The van der Waals surface area contributed by atoms with Gasteiger partial charge in [0.1, 0.15) is 0 Å². The molecule has 3 aromatic rings. The first-order valence-electron chi connectivity index (χ1n) is 16.6. The van der Waals surface area contributed by atoms with Crippen molar-refractivity contribution in [1.29, 1.82) is 0 Å². The number of anilines is 2. The lowest BCUT2D eigenvalue weighted by atomic mass is 9.86. The second-order valence-electron chi connectivity index (χ2n) is 13.3. The van der Waals surface area contributed by atoms with Crippen molar-refractivity contribution in [3.63, 3.8) is 0 Å². The zero-order valence-electron chi connectivity index (χ0n) is 28.1. The smallest absolute Gasteiger partial charge is 0.232 e. The Kier molecular flexibility index (Phi) is 10.8. The van der Waals surface area contributed by atoms with Gasteiger partial charge in [0.25, 0.3) is 0 Å². The van der Waals surface area contributed by atoms with Gasteiger partial charge in [0, 0.05) is 49.5 Å². The molecule has 2 atom stereocenters. The van der Waals surface area contributed by atoms with Crippen LogP contribution in [0, 0.1) is 11.8 Å². The van der Waals surface area contributed by atoms with Crippen molar-refractivity contribution in [2.24, 2.45) is 11.8 Å². The molecule has 2 aliphatic heterocycles. The average molecular weight is 646 g/mol. The van der Waals surface area contributed by atoms with Gasteiger partial charge in [-0.3, -0.25) is 9.59 Å². The van der Waals surface area contributed by atoms with E-state index in [-0.39, 0.29) is 30.4 Å². The minimum Gasteiger partial charge on any atom is -0.493 e. The topological polar surface area (TPSA) is 62.3 Å². The predicted octanol–water partition coefficient (Wildman–Crippen LogP) is 7.93. The third kappa shape index (κ3) is 7.63. The SMILES string of the molecule is CC[C@@H](C)Oc1cc2c(cc1OC)CC(=O)N(c1ccc(N(C)CC3CCN(C(=O)CC(C)C)CC3)cc1)C2c1ccc(Cl)cc1. The fourth-order valence-electron chi connectivity index (χ4n) is 6.58. The van der Waals surface area contributed by atoms with Crippen molar-refractivity contribution in [1.82, 2.24) is 4.90 Å². The minimum absolute atomic E-state index is 0.0185. The summed E-state index contributed by atoms with van der Waals surface area (Å²) >= 11 is 6.29. The highest BCUT2D eigenvalue weighted by Gasteiger charge is 2.36. The summed E-state index contributed by atoms with van der Waals surface area (Å²) in [5.41, 5.74) is 4.86. The lowest BCUT2D eigenvalue weighted by molar-refractivity contribution is -0.133. The number of amides is 2. The fraction of sp³-hybridized carbons (Fsp3) is 0.474. The molecule has 0 bridgehead atoms. The van der Waals surface area contributed by atoms with Crippen LogP contribution in [-0.4, -0.2) is 56.6 Å². The van der Waals surface area contributed by atoms with E-state index in [2.05, 4.69) is 44.9 Å². The van der Waals surface area contributed by atoms with Crippen molar-refractivity contribution in [3.05, 3.63) is 82.4 Å². The van der Waals surface area contributed by atoms with Gasteiger partial charge in [0.15, 0.2) is 11.5 Å². The maximum Gasteiger partial charge on any atom is 0.232 e. The Labute approximate surface area is 279 Å². The fourth-order valence-corrected chi connectivity index (χ4v) is 6.70. The molecular formula is C38H48ClN3O4. The van der Waals surface area contributed by atoms with Crippen LogP contribution in [0.15, 0.2) is 60.7 Å². The molecule has 0 spiro atoms. The van der Waals surface area contributed by atoms with E-state index in [9.17, 15) is 9.59 Å². The Morgan fingerprint density at radius 2 is 1.67 bits per heavy atom. The molecule has 7 nitrogen and oxygen atoms in total. The number of benzene rings is 3. The van der Waals surface area contributed by atoms with E-state index in [0.717, 1.165) is 67.0 Å². The van der Waals surface area contributed by atoms with E-state index in [4.69, 9.17) is 21.1 Å². The van der Waals surface area contributed by atoms with Gasteiger partial charge in [-0.1, -0.05) is 44.5 Å². The quantitative estimate of drug-likeness (QED) is 0.212. The van der Waals surface area contributed by atoms with Crippen molar-refractivity contribution < 1.29 is 19.1 Å². The molecule has 3 aromatic carbocycles. The molecule has 0 N–H and O–H groups in total. The molecule has 1 fully saturated rings. The summed E-state index contributed by atoms with van der Waals surface area (Å²) < 4.78 is 12.0. The number of methoxy groups -OCH3 is 1. The number of piperidine rings is 1. The van der Waals surface area contributed by atoms with E-state index in [0.29, 0.717) is 34.8 Å². The number of likely N-dealkylation sites (tertiary alicyclic amines) is 1. The highest BCUT2D eigenvalue weighted by molar-refractivity contribution is 6.30. The number of ether oxygens (including phenoxy) is 2. The first-order valence-corrected chi connectivity index (χ1v) is 17.0. The Morgan fingerprint density at radius 3 is 2.28 bits per heavy atom. The summed E-state index contributed by atoms with van der Waals surface area (Å²) in [7, 11) is 3.76. The molecule has 1 saturated heterocycles. The lowest BCUT2D eigenvalue weighted by Gasteiger charge is -2.38. The Hall–Kier alpha value is -3.71. The second kappa shape index (κ2) is 14.8. The molecular weight excluding hydrogens is 598 g/mol. The minimum atomic E-state index is -0.356. The van der Waals surface area contributed by atoms with E-state index in [1.165, 1.54) is 0 Å². The highest BCUT2D eigenvalue weighted by atomic mass is 35.5. The largest absolute Gasteiger partial charge is 0.493 e. The van der Waals surface area contributed by atoms with Crippen LogP contribution in [0.2, 0.25) is 5.02 Å². The number of halogens is 1. The van der Waals surface area contributed by atoms with Crippen molar-refractivity contribution in [3.8, 4) is 11.5 Å². The van der Waals surface area contributed by atoms with Crippen LogP contribution >= 0.6 is 11.6 Å². The number of carbonyl (C=O) groups is 2. The number of rotatable bonds is 11. The first kappa shape index (κ1) is 33.6. The summed E-state index contributed by atoms with van der Waals surface area (Å²) in [5.74, 6) is 2.53. The van der Waals surface area contributed by atoms with E-state index < -0.39 is 0 Å². The number of nitrogens with zero attached hydrogens (tertiary/aromatic N) is 3. The van der Waals surface area contributed by atoms with E-state index in [1.54, 1.807) is 7.11 Å². The molecule has 2 heterocycles. The maximum atomic E-state index is 13.9. The van der Waals surface area contributed by atoms with Crippen LogP contribution in [0.4, 0.5) is 11.4 Å². The van der Waals surface area contributed by atoms with Gasteiger partial charge >= 0.3 is 0 Å². The van der Waals surface area contributed by atoms with Gasteiger partial charge in [-0.15, -0.1) is 0 Å². The summed E-state index contributed by atoms with van der Waals surface area (Å²) in [5, 5.41) is 0.647. The molecule has 0 radical (unpaired) electrons. The van der Waals surface area contributed by atoms with Crippen molar-refractivity contribution >= 4 is 34.8 Å². The third-order valence-electron chi connectivity index (χ3n) is 9.33. The zero-order chi connectivity index (χ0) is 33.0. The molecule has 0 saturated carbocycles. The number of fused-ring (bicyclic) bond motifs is 1. The number of hydrogen-bond donors (Lipinski definition) is 0. The van der Waals surface area contributed by atoms with Gasteiger partial charge < -0.3 is 24.2 Å². The monoisotopic (exact) mass is 645 g/mol. The van der Waals surface area contributed by atoms with E-state index >= 15 is 0 Å². The van der Waals surface area contributed by atoms with Gasteiger partial charge in [0.05, 0.1) is 25.7 Å². The highest BCUT2D eigenvalue weighted by Crippen LogP contribution is 2.44. The molecule has 5 rings (SSSR count). The standard InChI is InChI=1S/C38H48ClN3O4/c1-7-26(4)46-35-23-33-29(21-34(35)45-6)22-37(44)42(38(33)28-8-10-30(39)11-9-28)32-14-12-31(13-15-32)40(5)24-27-16-18-41(19-17-27)36(43)20-25(2)3/h8-15,21,23,25-27,38H,7,16-20,22,24H2,1-6H3/t26-,38?/m1/s1. The summed E-state index contributed by atoms with van der Waals surface area (Å²) in [6.45, 7) is 10.9. The normalized spacial score (nSPS) is 17.6. The summed E-state index contributed by atoms with van der Waals surface area (Å²) in [6.07, 6.45) is 3.81. The Bertz CT molecular complexity index is 1500. The number of hydrogen-bond acceptors (Lipinski definition) is 5. The summed E-state index contributed by atoms with van der Waals surface area (Å²) in [4.78, 5) is 32.7. The molecule has 0 aromatic heterocycles. The van der Waals surface area contributed by atoms with E-state index in [1.807, 2.05) is 65.3 Å². The first-order chi connectivity index (χ1) is 22.1. The third-order valence-corrected chi connectivity index (χ3v) is 9.58. The lowest BCUT2D eigenvalue weighted by Crippen LogP contribution is -2.41. The van der Waals surface area contributed by atoms with Crippen LogP contribution in [-0.2, 0) is 16.0 Å². The molecule has 1 unspecified atom stereocenters. The maximum absolute atomic E-state index is 13.9. The average Bonchev–Trinajstić information content (AvgIpc) is 3.04. The van der Waals surface area contributed by atoms with Crippen molar-refractivity contribution in [2.45, 2.75) is 71.9 Å². The van der Waals surface area contributed by atoms with Gasteiger partial charge in [0.2, 0.25) is 11.8 Å². The van der Waals surface area contributed by atoms with Gasteiger partial charge in [-0.05, 0) is 103 Å². The van der Waals surface area contributed by atoms with Crippen LogP contribution in [0.1, 0.15) is 76.1 Å². The molecule has 0 aliphatic carbocycles. The molecule has 8 heteroatoms. The van der Waals surface area contributed by atoms with Gasteiger partial charge in [-0.25, -0.2) is 0 Å². The number of carbonyl (C=O) groups excluding carboxylic acids is 2. The van der Waals surface area contributed by atoms with Crippen LogP contribution < -0.4 is 19.3 Å². The molecule has 2 aliphatic rings. The van der Waals surface area contributed by atoms with Crippen LogP contribution in [0.3, 0.4) is 0 Å². The Morgan fingerprint density at radius 1 is 1.00 bits per heavy atom. The molecule has 2 amide bonds. The van der Waals surface area contributed by atoms with Crippen LogP contribution in [0.25, 0.3) is 0 Å². The van der Waals surface area contributed by atoms with Crippen molar-refractivity contribution in [2.75, 3.05) is 43.6 Å². The summed E-state index contributed by atoms with van der Waals surface area (Å²) in [6, 6.07) is 19.7. The molecule has 46 heavy (non-hydrogen) atoms. The Balaban J connectivity index is 1.38. The molecule has 246 valence electrons. The predicted molar refractivity (Wildman–Crippen MR) is 186 cm³/mol. The van der Waals surface area contributed by atoms with Gasteiger partial charge in [-0.2, -0.15) is 0 Å². The van der Waals surface area contributed by atoms with Crippen LogP contribution in [0.5, 0.6) is 11.5 Å². The zero-order valence-corrected chi connectivity index (χ0v) is 28.8.